The van der Waals surface area contributed by atoms with E-state index in [1.54, 1.807) is 12.4 Å². The van der Waals surface area contributed by atoms with Gasteiger partial charge in [0.15, 0.2) is 11.5 Å². The number of rotatable bonds is 8. The van der Waals surface area contributed by atoms with Gasteiger partial charge in [-0.1, -0.05) is 6.08 Å². The Morgan fingerprint density at radius 2 is 1.88 bits per heavy atom. The van der Waals surface area contributed by atoms with Crippen LogP contribution in [-0.2, 0) is 20.2 Å². The largest absolute Gasteiger partial charge is 0.382 e. The highest BCUT2D eigenvalue weighted by Crippen LogP contribution is 2.52. The summed E-state index contributed by atoms with van der Waals surface area (Å²) in [6.07, 6.45) is 5.13. The molecule has 0 aliphatic rings. The van der Waals surface area contributed by atoms with Gasteiger partial charge in [0.05, 0.1) is 18.5 Å². The molecule has 9 heteroatoms. The van der Waals surface area contributed by atoms with Crippen LogP contribution in [0.5, 0.6) is 0 Å². The molecule has 0 saturated carbocycles. The number of nitrogen functional groups attached to an aromatic ring is 1. The van der Waals surface area contributed by atoms with E-state index in [4.69, 9.17) is 14.8 Å². The average Bonchev–Trinajstić information content (AvgIpc) is 2.86. The lowest BCUT2D eigenvalue weighted by Gasteiger charge is -2.19. The highest BCUT2D eigenvalue weighted by atomic mass is 31.2. The van der Waals surface area contributed by atoms with Crippen molar-refractivity contribution in [2.24, 2.45) is 0 Å². The fourth-order valence-corrected chi connectivity index (χ4v) is 3.94. The Labute approximate surface area is 141 Å². The summed E-state index contributed by atoms with van der Waals surface area (Å²) in [6, 6.07) is 0. The fraction of sp³-hybridized carbons (Fsp3) is 0.533. The van der Waals surface area contributed by atoms with Crippen LogP contribution < -0.4 is 5.73 Å². The van der Waals surface area contributed by atoms with E-state index in [1.165, 1.54) is 12.1 Å². The monoisotopic (exact) mass is 353 g/mol. The Hall–Kier alpha value is -1.76. The van der Waals surface area contributed by atoms with Crippen molar-refractivity contribution in [1.82, 2.24) is 19.5 Å². The molecule has 0 aliphatic carbocycles. The van der Waals surface area contributed by atoms with Gasteiger partial charge in [0.25, 0.3) is 0 Å². The summed E-state index contributed by atoms with van der Waals surface area (Å²) < 4.78 is 25.5. The van der Waals surface area contributed by atoms with E-state index < -0.39 is 7.60 Å². The van der Waals surface area contributed by atoms with Gasteiger partial charge in [0, 0.05) is 12.4 Å². The third kappa shape index (κ3) is 4.87. The predicted octanol–water partition coefficient (Wildman–Crippen LogP) is 3.36. The van der Waals surface area contributed by atoms with Gasteiger partial charge in [0.1, 0.15) is 11.8 Å². The van der Waals surface area contributed by atoms with Crippen molar-refractivity contribution in [2.45, 2.75) is 52.9 Å². The number of fused-ring (bicyclic) bond motifs is 1. The molecular formula is C15H24N5O3P. The normalized spacial score (nSPS) is 12.9. The van der Waals surface area contributed by atoms with Gasteiger partial charge in [-0.3, -0.25) is 4.57 Å². The first-order valence-electron chi connectivity index (χ1n) is 7.86. The van der Waals surface area contributed by atoms with Crippen molar-refractivity contribution in [3.05, 3.63) is 24.5 Å². The van der Waals surface area contributed by atoms with Crippen LogP contribution in [0.4, 0.5) is 5.82 Å². The Morgan fingerprint density at radius 3 is 2.50 bits per heavy atom. The number of hydrogen-bond donors (Lipinski definition) is 1. The molecule has 2 aromatic heterocycles. The minimum Gasteiger partial charge on any atom is -0.382 e. The van der Waals surface area contributed by atoms with Crippen LogP contribution in [0.2, 0.25) is 0 Å². The molecule has 0 aliphatic heterocycles. The summed E-state index contributed by atoms with van der Waals surface area (Å²) in [7, 11) is -3.25. The number of nitrogens with zero attached hydrogens (tertiary/aromatic N) is 4. The molecular weight excluding hydrogens is 329 g/mol. The molecule has 0 saturated heterocycles. The van der Waals surface area contributed by atoms with E-state index in [0.29, 0.717) is 29.9 Å². The van der Waals surface area contributed by atoms with Crippen LogP contribution in [0.3, 0.4) is 0 Å². The lowest BCUT2D eigenvalue weighted by Crippen LogP contribution is -2.06. The lowest BCUT2D eigenvalue weighted by molar-refractivity contribution is 0.149. The molecule has 2 aromatic rings. The second-order valence-electron chi connectivity index (χ2n) is 5.89. The Bertz CT molecular complexity index is 743. The van der Waals surface area contributed by atoms with E-state index in [-0.39, 0.29) is 12.2 Å². The standard InChI is InChI=1S/C15H24N5O3P/c1-11(2)22-24(21,23-12(3)4)8-6-5-7-20-10-19-13-14(16)17-9-18-15(13)20/h6,8-12H,5,7H2,1-4H3,(H2,16,17,18)/b8-6+. The number of hydrogen-bond acceptors (Lipinski definition) is 7. The number of nitrogens with two attached hydrogens (primary N) is 1. The smallest absolute Gasteiger partial charge is 0.354 e. The van der Waals surface area contributed by atoms with Crippen LogP contribution >= 0.6 is 7.60 Å². The average molecular weight is 353 g/mol. The van der Waals surface area contributed by atoms with Gasteiger partial charge in [-0.05, 0) is 34.1 Å². The van der Waals surface area contributed by atoms with Crippen molar-refractivity contribution in [1.29, 1.82) is 0 Å². The lowest BCUT2D eigenvalue weighted by atomic mass is 10.4. The third-order valence-corrected chi connectivity index (χ3v) is 4.98. The molecule has 0 unspecified atom stereocenters. The van der Waals surface area contributed by atoms with Gasteiger partial charge in [0.2, 0.25) is 0 Å². The number of anilines is 1. The van der Waals surface area contributed by atoms with E-state index in [2.05, 4.69) is 15.0 Å². The number of aromatic nitrogens is 4. The van der Waals surface area contributed by atoms with Crippen molar-refractivity contribution in [3.8, 4) is 0 Å². The van der Waals surface area contributed by atoms with E-state index in [1.807, 2.05) is 32.3 Å². The molecule has 0 radical (unpaired) electrons. The van der Waals surface area contributed by atoms with Gasteiger partial charge < -0.3 is 19.3 Å². The van der Waals surface area contributed by atoms with E-state index in [0.717, 1.165) is 0 Å². The maximum Gasteiger partial charge on any atom is 0.354 e. The third-order valence-electron chi connectivity index (χ3n) is 2.97. The van der Waals surface area contributed by atoms with Crippen molar-refractivity contribution in [3.63, 3.8) is 0 Å². The van der Waals surface area contributed by atoms with Crippen LogP contribution in [0.1, 0.15) is 34.1 Å². The van der Waals surface area contributed by atoms with Crippen molar-refractivity contribution < 1.29 is 13.6 Å². The first kappa shape index (κ1) is 18.6. The van der Waals surface area contributed by atoms with Crippen molar-refractivity contribution in [2.75, 3.05) is 5.73 Å². The van der Waals surface area contributed by atoms with Gasteiger partial charge in [-0.25, -0.2) is 15.0 Å². The Balaban J connectivity index is 2.04. The molecule has 24 heavy (non-hydrogen) atoms. The minimum atomic E-state index is -3.25. The summed E-state index contributed by atoms with van der Waals surface area (Å²) in [5.41, 5.74) is 7.02. The quantitative estimate of drug-likeness (QED) is 0.725. The number of imidazole rings is 1. The van der Waals surface area contributed by atoms with Crippen LogP contribution in [0.25, 0.3) is 11.2 Å². The molecule has 0 bridgehead atoms. The maximum absolute atomic E-state index is 12.7. The van der Waals surface area contributed by atoms with Gasteiger partial charge in [-0.15, -0.1) is 0 Å². The first-order valence-corrected chi connectivity index (χ1v) is 9.47. The number of aryl methyl sites for hydroxylation is 1. The predicted molar refractivity (Wildman–Crippen MR) is 93.5 cm³/mol. The van der Waals surface area contributed by atoms with Gasteiger partial charge in [-0.2, -0.15) is 0 Å². The zero-order valence-electron chi connectivity index (χ0n) is 14.4. The molecule has 0 atom stereocenters. The number of allylic oxidation sites excluding steroid dienone is 1. The minimum absolute atomic E-state index is 0.184. The molecule has 2 rings (SSSR count). The van der Waals surface area contributed by atoms with Crippen LogP contribution in [-0.4, -0.2) is 31.7 Å². The Kier molecular flexibility index (Phi) is 6.10. The molecule has 0 spiro atoms. The summed E-state index contributed by atoms with van der Waals surface area (Å²) in [5, 5.41) is 0. The van der Waals surface area contributed by atoms with Crippen molar-refractivity contribution >= 4 is 24.6 Å². The highest BCUT2D eigenvalue weighted by Gasteiger charge is 2.23. The Morgan fingerprint density at radius 1 is 1.21 bits per heavy atom. The molecule has 0 amide bonds. The van der Waals surface area contributed by atoms with E-state index in [9.17, 15) is 4.57 Å². The highest BCUT2D eigenvalue weighted by molar-refractivity contribution is 7.57. The second-order valence-corrected chi connectivity index (χ2v) is 7.69. The zero-order chi connectivity index (χ0) is 17.7. The molecule has 132 valence electrons. The van der Waals surface area contributed by atoms with Crippen LogP contribution in [0.15, 0.2) is 24.5 Å². The fourth-order valence-electron chi connectivity index (χ4n) is 2.16. The summed E-state index contributed by atoms with van der Waals surface area (Å²) in [6.45, 7) is 7.92. The summed E-state index contributed by atoms with van der Waals surface area (Å²) in [5.74, 6) is 1.88. The van der Waals surface area contributed by atoms with Gasteiger partial charge >= 0.3 is 7.60 Å². The van der Waals surface area contributed by atoms with Crippen LogP contribution in [0, 0.1) is 0 Å². The molecule has 8 nitrogen and oxygen atoms in total. The topological polar surface area (TPSA) is 105 Å². The van der Waals surface area contributed by atoms with E-state index >= 15 is 0 Å². The molecule has 0 aromatic carbocycles. The maximum atomic E-state index is 12.7. The molecule has 0 fully saturated rings. The SMILES string of the molecule is CC(C)OP(=O)(/C=C/CCn1cnc2c(N)ncnc21)OC(C)C. The first-order chi connectivity index (χ1) is 11.3. The summed E-state index contributed by atoms with van der Waals surface area (Å²) in [4.78, 5) is 12.3. The zero-order valence-corrected chi connectivity index (χ0v) is 15.3. The summed E-state index contributed by atoms with van der Waals surface area (Å²) >= 11 is 0. The molecule has 2 N–H and O–H groups in total. The second kappa shape index (κ2) is 7.88. The molecule has 2 heterocycles.